The van der Waals surface area contributed by atoms with Crippen molar-refractivity contribution in [3.05, 3.63) is 46.5 Å². The summed E-state index contributed by atoms with van der Waals surface area (Å²) in [5, 5.41) is 21.8. The molecule has 0 aliphatic rings. The molecule has 0 radical (unpaired) electrons. The highest BCUT2D eigenvalue weighted by atomic mass is 16.5. The highest BCUT2D eigenvalue weighted by Gasteiger charge is 2.28. The van der Waals surface area contributed by atoms with Crippen molar-refractivity contribution in [2.45, 2.75) is 111 Å². The van der Waals surface area contributed by atoms with Gasteiger partial charge < -0.3 is 19.7 Å². The summed E-state index contributed by atoms with van der Waals surface area (Å²) in [6, 6.07) is 7.82. The number of hydrogen-bond donors (Lipinski definition) is 2. The van der Waals surface area contributed by atoms with Gasteiger partial charge in [-0.1, -0.05) is 83.1 Å². The van der Waals surface area contributed by atoms with Crippen molar-refractivity contribution in [3.63, 3.8) is 0 Å². The molecule has 0 fully saturated rings. The third-order valence-electron chi connectivity index (χ3n) is 6.23. The lowest BCUT2D eigenvalue weighted by atomic mass is 9.79. The first-order valence-corrected chi connectivity index (χ1v) is 12.7. The zero-order valence-electron chi connectivity index (χ0n) is 24.1. The molecule has 0 heterocycles. The highest BCUT2D eigenvalue weighted by molar-refractivity contribution is 5.53. The average Bonchev–Trinajstić information content (AvgIpc) is 2.66. The zero-order valence-corrected chi connectivity index (χ0v) is 24.1. The fraction of sp³-hybridized carbons (Fsp3) is 0.613. The topological polar surface area (TPSA) is 58.9 Å². The molecule has 2 N–H and O–H groups in total. The van der Waals surface area contributed by atoms with Crippen LogP contribution in [0, 0.1) is 0 Å². The predicted octanol–water partition coefficient (Wildman–Crippen LogP) is 8.14. The van der Waals surface area contributed by atoms with Gasteiger partial charge in [-0.3, -0.25) is 0 Å². The fourth-order valence-electron chi connectivity index (χ4n) is 4.11. The number of benzene rings is 2. The monoisotopic (exact) mass is 484 g/mol. The molecular formula is C31H48O4. The maximum Gasteiger partial charge on any atom is 0.123 e. The number of ether oxygens (including phenoxy) is 2. The van der Waals surface area contributed by atoms with E-state index in [1.54, 1.807) is 0 Å². The molecule has 0 unspecified atom stereocenters. The van der Waals surface area contributed by atoms with E-state index in [0.29, 0.717) is 31.1 Å². The van der Waals surface area contributed by atoms with E-state index >= 15 is 0 Å². The molecule has 0 spiro atoms. The summed E-state index contributed by atoms with van der Waals surface area (Å²) in [6.45, 7) is 26.2. The molecule has 4 heteroatoms. The Bertz CT molecular complexity index is 868. The van der Waals surface area contributed by atoms with Gasteiger partial charge in [-0.15, -0.1) is 0 Å². The first kappa shape index (κ1) is 28.9. The van der Waals surface area contributed by atoms with Gasteiger partial charge in [0.15, 0.2) is 0 Å². The van der Waals surface area contributed by atoms with Crippen molar-refractivity contribution in [1.82, 2.24) is 0 Å². The maximum atomic E-state index is 10.9. The average molecular weight is 485 g/mol. The van der Waals surface area contributed by atoms with E-state index in [1.807, 2.05) is 24.3 Å². The van der Waals surface area contributed by atoms with Crippen LogP contribution in [0.4, 0.5) is 0 Å². The summed E-state index contributed by atoms with van der Waals surface area (Å²) in [6.07, 6.45) is 0.715. The Kier molecular flexibility index (Phi) is 8.21. The lowest BCUT2D eigenvalue weighted by molar-refractivity contribution is 0.245. The molecule has 2 aromatic carbocycles. The summed E-state index contributed by atoms with van der Waals surface area (Å²) >= 11 is 0. The van der Waals surface area contributed by atoms with Crippen LogP contribution in [0.2, 0.25) is 0 Å². The van der Waals surface area contributed by atoms with Crippen molar-refractivity contribution in [2.24, 2.45) is 0 Å². The lowest BCUT2D eigenvalue weighted by Gasteiger charge is -2.28. The van der Waals surface area contributed by atoms with Crippen molar-refractivity contribution in [1.29, 1.82) is 0 Å². The van der Waals surface area contributed by atoms with Crippen LogP contribution in [-0.2, 0) is 21.7 Å². The van der Waals surface area contributed by atoms with Gasteiger partial charge in [0, 0.05) is 28.7 Å². The zero-order chi connectivity index (χ0) is 27.0. The predicted molar refractivity (Wildman–Crippen MR) is 147 cm³/mol. The molecule has 0 aromatic heterocycles. The Morgan fingerprint density at radius 3 is 0.914 bits per heavy atom. The number of hydrogen-bond acceptors (Lipinski definition) is 4. The van der Waals surface area contributed by atoms with Crippen molar-refractivity contribution >= 4 is 0 Å². The standard InChI is InChI=1S/C31H48O4/c1-28(2,3)22-16-20(17-23(26(22)32)29(4,5)6)34-14-13-15-35-21-18-24(30(7,8)9)27(33)25(19-21)31(10,11)12/h16-19,32-33H,13-15H2,1-12H3. The van der Waals surface area contributed by atoms with Crippen LogP contribution >= 0.6 is 0 Å². The molecule has 0 amide bonds. The summed E-state index contributed by atoms with van der Waals surface area (Å²) in [5.74, 6) is 2.26. The van der Waals surface area contributed by atoms with Gasteiger partial charge in [-0.2, -0.15) is 0 Å². The SMILES string of the molecule is CC(C)(C)c1cc(OCCCOc2cc(C(C)(C)C)c(O)c(C(C)(C)C)c2)cc(C(C)(C)C)c1O. The van der Waals surface area contributed by atoms with Crippen molar-refractivity contribution < 1.29 is 19.7 Å². The molecule has 0 bridgehead atoms. The van der Waals surface area contributed by atoms with Crippen LogP contribution in [0.25, 0.3) is 0 Å². The molecule has 0 saturated heterocycles. The molecule has 196 valence electrons. The molecule has 0 aliphatic heterocycles. The van der Waals surface area contributed by atoms with Gasteiger partial charge in [-0.05, 0) is 45.9 Å². The van der Waals surface area contributed by atoms with Crippen LogP contribution in [-0.4, -0.2) is 23.4 Å². The number of aromatic hydroxyl groups is 2. The minimum atomic E-state index is -0.193. The van der Waals surface area contributed by atoms with E-state index in [-0.39, 0.29) is 21.7 Å². The fourth-order valence-corrected chi connectivity index (χ4v) is 4.11. The molecule has 0 aliphatic carbocycles. The molecule has 2 rings (SSSR count). The Hall–Kier alpha value is -2.36. The van der Waals surface area contributed by atoms with Crippen molar-refractivity contribution in [2.75, 3.05) is 13.2 Å². The molecule has 2 aromatic rings. The second-order valence-corrected chi connectivity index (χ2v) is 13.8. The van der Waals surface area contributed by atoms with Gasteiger partial charge in [-0.25, -0.2) is 0 Å². The number of phenolic OH excluding ortho intramolecular Hbond substituents is 2. The Morgan fingerprint density at radius 1 is 0.486 bits per heavy atom. The van der Waals surface area contributed by atoms with Crippen molar-refractivity contribution in [3.8, 4) is 23.0 Å². The molecule has 0 saturated carbocycles. The third kappa shape index (κ3) is 7.32. The van der Waals surface area contributed by atoms with E-state index in [9.17, 15) is 10.2 Å². The minimum Gasteiger partial charge on any atom is -0.507 e. The minimum absolute atomic E-state index is 0.193. The maximum absolute atomic E-state index is 10.9. The van der Waals surface area contributed by atoms with E-state index in [1.165, 1.54) is 0 Å². The normalized spacial score (nSPS) is 13.1. The Labute approximate surface area is 213 Å². The second kappa shape index (κ2) is 9.95. The van der Waals surface area contributed by atoms with Gasteiger partial charge in [0.25, 0.3) is 0 Å². The van der Waals surface area contributed by atoms with E-state index in [4.69, 9.17) is 9.47 Å². The van der Waals surface area contributed by atoms with Crippen LogP contribution < -0.4 is 9.47 Å². The number of rotatable bonds is 6. The summed E-state index contributed by atoms with van der Waals surface area (Å²) < 4.78 is 12.2. The molecule has 0 atom stereocenters. The number of phenols is 2. The summed E-state index contributed by atoms with van der Waals surface area (Å²) in [5.41, 5.74) is 2.80. The highest BCUT2D eigenvalue weighted by Crippen LogP contribution is 2.43. The quantitative estimate of drug-likeness (QED) is 0.406. The Balaban J connectivity index is 2.15. The first-order valence-electron chi connectivity index (χ1n) is 12.7. The first-order chi connectivity index (χ1) is 15.7. The van der Waals surface area contributed by atoms with Crippen LogP contribution in [0.15, 0.2) is 24.3 Å². The van der Waals surface area contributed by atoms with Gasteiger partial charge in [0.2, 0.25) is 0 Å². The summed E-state index contributed by atoms with van der Waals surface area (Å²) in [7, 11) is 0. The lowest BCUT2D eigenvalue weighted by Crippen LogP contribution is -2.18. The van der Waals surface area contributed by atoms with E-state index in [2.05, 4.69) is 83.1 Å². The molecule has 4 nitrogen and oxygen atoms in total. The van der Waals surface area contributed by atoms with Gasteiger partial charge in [0.1, 0.15) is 23.0 Å². The third-order valence-corrected chi connectivity index (χ3v) is 6.23. The molecular weight excluding hydrogens is 436 g/mol. The van der Waals surface area contributed by atoms with E-state index < -0.39 is 0 Å². The molecule has 35 heavy (non-hydrogen) atoms. The second-order valence-electron chi connectivity index (χ2n) is 13.8. The van der Waals surface area contributed by atoms with Crippen LogP contribution in [0.1, 0.15) is 112 Å². The van der Waals surface area contributed by atoms with Gasteiger partial charge >= 0.3 is 0 Å². The summed E-state index contributed by atoms with van der Waals surface area (Å²) in [4.78, 5) is 0. The van der Waals surface area contributed by atoms with Crippen LogP contribution in [0.5, 0.6) is 23.0 Å². The largest absolute Gasteiger partial charge is 0.507 e. The van der Waals surface area contributed by atoms with E-state index in [0.717, 1.165) is 33.8 Å². The van der Waals surface area contributed by atoms with Crippen LogP contribution in [0.3, 0.4) is 0 Å². The Morgan fingerprint density at radius 2 is 0.714 bits per heavy atom. The smallest absolute Gasteiger partial charge is 0.123 e. The van der Waals surface area contributed by atoms with Gasteiger partial charge in [0.05, 0.1) is 13.2 Å².